The van der Waals surface area contributed by atoms with Gasteiger partial charge in [-0.05, 0) is 0 Å². The zero-order chi connectivity index (χ0) is 13.6. The number of nitrogens with one attached hydrogen (secondary N) is 1. The number of fused-ring (bicyclic) bond motifs is 1. The maximum Gasteiger partial charge on any atom is 0.278 e. The number of nitrogens with zero attached hydrogens (tertiary/aromatic N) is 3. The van der Waals surface area contributed by atoms with E-state index in [1.807, 2.05) is 0 Å². The fourth-order valence-electron chi connectivity index (χ4n) is 2.35. The Kier molecular flexibility index (Phi) is 2.85. The van der Waals surface area contributed by atoms with E-state index in [0.29, 0.717) is 5.65 Å². The first-order chi connectivity index (χ1) is 9.13. The SMILES string of the molecule is C[C@H]1[C@@H](O)[C@H](n2cnc3c(=O)[nH]cnc32)O[C@@H]1CO. The minimum absolute atomic E-state index is 0.171. The predicted molar refractivity (Wildman–Crippen MR) is 64.3 cm³/mol. The molecule has 8 heteroatoms. The monoisotopic (exact) mass is 266 g/mol. The molecule has 1 aliphatic heterocycles. The number of imidazole rings is 1. The van der Waals surface area contributed by atoms with Crippen LogP contribution in [0, 0.1) is 5.92 Å². The van der Waals surface area contributed by atoms with Gasteiger partial charge in [-0.3, -0.25) is 9.36 Å². The lowest BCUT2D eigenvalue weighted by atomic mass is 10.0. The van der Waals surface area contributed by atoms with Crippen molar-refractivity contribution in [3.63, 3.8) is 0 Å². The molecular weight excluding hydrogens is 252 g/mol. The Morgan fingerprint density at radius 2 is 2.32 bits per heavy atom. The van der Waals surface area contributed by atoms with E-state index in [4.69, 9.17) is 4.74 Å². The van der Waals surface area contributed by atoms with Gasteiger partial charge in [0.05, 0.1) is 25.4 Å². The standard InChI is InChI=1S/C11H14N4O4/c1-5-6(2-16)19-11(8(5)17)15-4-14-7-9(15)12-3-13-10(7)18/h3-6,8,11,16-17H,2H2,1H3,(H,12,13,18)/t5-,6-,8-,11-/m1/s1. The Morgan fingerprint density at radius 3 is 3.00 bits per heavy atom. The molecule has 4 atom stereocenters. The molecule has 0 aliphatic carbocycles. The number of aliphatic hydroxyl groups is 2. The van der Waals surface area contributed by atoms with E-state index < -0.39 is 18.4 Å². The lowest BCUT2D eigenvalue weighted by Gasteiger charge is -2.16. The van der Waals surface area contributed by atoms with E-state index in [0.717, 1.165) is 0 Å². The van der Waals surface area contributed by atoms with E-state index in [1.165, 1.54) is 17.2 Å². The second-order valence-corrected chi connectivity index (χ2v) is 4.65. The van der Waals surface area contributed by atoms with Crippen molar-refractivity contribution in [1.29, 1.82) is 0 Å². The van der Waals surface area contributed by atoms with Gasteiger partial charge in [0, 0.05) is 5.92 Å². The number of rotatable bonds is 2. The first-order valence-electron chi connectivity index (χ1n) is 5.98. The summed E-state index contributed by atoms with van der Waals surface area (Å²) in [5, 5.41) is 19.4. The lowest BCUT2D eigenvalue weighted by Crippen LogP contribution is -2.25. The van der Waals surface area contributed by atoms with Gasteiger partial charge in [-0.2, -0.15) is 0 Å². The molecule has 0 amide bonds. The number of aromatic amines is 1. The molecule has 1 aliphatic rings. The summed E-state index contributed by atoms with van der Waals surface area (Å²) in [5.41, 5.74) is 0.194. The van der Waals surface area contributed by atoms with Crippen molar-refractivity contribution in [2.24, 2.45) is 5.92 Å². The number of H-pyrrole nitrogens is 1. The number of aromatic nitrogens is 4. The van der Waals surface area contributed by atoms with E-state index in [2.05, 4.69) is 15.0 Å². The summed E-state index contributed by atoms with van der Waals surface area (Å²) in [4.78, 5) is 22.0. The first-order valence-corrected chi connectivity index (χ1v) is 5.98. The van der Waals surface area contributed by atoms with Crippen LogP contribution in [-0.2, 0) is 4.74 Å². The Balaban J connectivity index is 2.06. The van der Waals surface area contributed by atoms with Crippen LogP contribution < -0.4 is 5.56 Å². The summed E-state index contributed by atoms with van der Waals surface area (Å²) < 4.78 is 7.11. The van der Waals surface area contributed by atoms with Crippen LogP contribution in [0.1, 0.15) is 13.2 Å². The molecule has 8 nitrogen and oxygen atoms in total. The highest BCUT2D eigenvalue weighted by atomic mass is 16.5. The quantitative estimate of drug-likeness (QED) is 0.643. The van der Waals surface area contributed by atoms with Gasteiger partial charge in [-0.25, -0.2) is 9.97 Å². The number of aliphatic hydroxyl groups excluding tert-OH is 2. The Hall–Kier alpha value is -1.77. The molecule has 0 unspecified atom stereocenters. The molecule has 3 rings (SSSR count). The van der Waals surface area contributed by atoms with E-state index in [1.54, 1.807) is 6.92 Å². The Morgan fingerprint density at radius 1 is 1.53 bits per heavy atom. The zero-order valence-electron chi connectivity index (χ0n) is 10.2. The summed E-state index contributed by atoms with van der Waals surface area (Å²) in [7, 11) is 0. The van der Waals surface area contributed by atoms with Gasteiger partial charge in [0.25, 0.3) is 5.56 Å². The molecule has 3 heterocycles. The third-order valence-corrected chi connectivity index (χ3v) is 3.55. The Bertz CT molecular complexity index is 651. The van der Waals surface area contributed by atoms with E-state index in [9.17, 15) is 15.0 Å². The van der Waals surface area contributed by atoms with Gasteiger partial charge in [0.2, 0.25) is 0 Å². The minimum Gasteiger partial charge on any atom is -0.394 e. The van der Waals surface area contributed by atoms with Crippen LogP contribution >= 0.6 is 0 Å². The summed E-state index contributed by atoms with van der Waals surface area (Å²) in [6.07, 6.45) is 0.742. The molecule has 1 fully saturated rings. The number of hydrogen-bond acceptors (Lipinski definition) is 6. The highest BCUT2D eigenvalue weighted by molar-refractivity contribution is 5.68. The lowest BCUT2D eigenvalue weighted by molar-refractivity contribution is -0.0491. The van der Waals surface area contributed by atoms with Crippen molar-refractivity contribution in [1.82, 2.24) is 19.5 Å². The average Bonchev–Trinajstić information content (AvgIpc) is 2.94. The minimum atomic E-state index is -0.796. The van der Waals surface area contributed by atoms with Crippen LogP contribution in [0.3, 0.4) is 0 Å². The molecule has 19 heavy (non-hydrogen) atoms. The molecule has 2 aromatic heterocycles. The second-order valence-electron chi connectivity index (χ2n) is 4.65. The van der Waals surface area contributed by atoms with Crippen LogP contribution in [0.2, 0.25) is 0 Å². The van der Waals surface area contributed by atoms with E-state index in [-0.39, 0.29) is 23.6 Å². The summed E-state index contributed by atoms with van der Waals surface area (Å²) in [6, 6.07) is 0. The van der Waals surface area contributed by atoms with Crippen LogP contribution in [-0.4, -0.2) is 48.5 Å². The predicted octanol–water partition coefficient (Wildman–Crippen LogP) is -0.994. The third-order valence-electron chi connectivity index (χ3n) is 3.55. The normalized spacial score (nSPS) is 31.1. The maximum atomic E-state index is 11.6. The Labute approximate surface area is 107 Å². The molecule has 0 radical (unpaired) electrons. The zero-order valence-corrected chi connectivity index (χ0v) is 10.2. The molecule has 0 aromatic carbocycles. The van der Waals surface area contributed by atoms with Crippen LogP contribution in [0.5, 0.6) is 0 Å². The third kappa shape index (κ3) is 1.76. The molecule has 0 bridgehead atoms. The topological polar surface area (TPSA) is 113 Å². The van der Waals surface area contributed by atoms with Gasteiger partial charge in [0.1, 0.15) is 6.10 Å². The van der Waals surface area contributed by atoms with Gasteiger partial charge in [0.15, 0.2) is 17.4 Å². The molecule has 0 saturated carbocycles. The van der Waals surface area contributed by atoms with Crippen LogP contribution in [0.15, 0.2) is 17.4 Å². The van der Waals surface area contributed by atoms with Crippen molar-refractivity contribution in [2.75, 3.05) is 6.61 Å². The number of ether oxygens (including phenoxy) is 1. The van der Waals surface area contributed by atoms with Gasteiger partial charge < -0.3 is 19.9 Å². The molecule has 0 spiro atoms. The fourth-order valence-corrected chi connectivity index (χ4v) is 2.35. The summed E-state index contributed by atoms with van der Waals surface area (Å²) >= 11 is 0. The van der Waals surface area contributed by atoms with Crippen molar-refractivity contribution in [3.8, 4) is 0 Å². The summed E-state index contributed by atoms with van der Waals surface area (Å²) in [5.74, 6) is -0.213. The highest BCUT2D eigenvalue weighted by Gasteiger charge is 2.42. The van der Waals surface area contributed by atoms with Gasteiger partial charge in [-0.15, -0.1) is 0 Å². The number of hydrogen-bond donors (Lipinski definition) is 3. The van der Waals surface area contributed by atoms with Gasteiger partial charge >= 0.3 is 0 Å². The molecule has 102 valence electrons. The van der Waals surface area contributed by atoms with Crippen molar-refractivity contribution >= 4 is 11.2 Å². The largest absolute Gasteiger partial charge is 0.394 e. The van der Waals surface area contributed by atoms with Crippen molar-refractivity contribution in [3.05, 3.63) is 23.0 Å². The van der Waals surface area contributed by atoms with Crippen molar-refractivity contribution in [2.45, 2.75) is 25.4 Å². The second kappa shape index (κ2) is 4.41. The average molecular weight is 266 g/mol. The fraction of sp³-hybridized carbons (Fsp3) is 0.545. The smallest absolute Gasteiger partial charge is 0.278 e. The van der Waals surface area contributed by atoms with E-state index >= 15 is 0 Å². The first kappa shape index (κ1) is 12.3. The molecule has 1 saturated heterocycles. The van der Waals surface area contributed by atoms with Gasteiger partial charge in [-0.1, -0.05) is 6.92 Å². The molecular formula is C11H14N4O4. The van der Waals surface area contributed by atoms with Crippen LogP contribution in [0.4, 0.5) is 0 Å². The highest BCUT2D eigenvalue weighted by Crippen LogP contribution is 2.34. The molecule has 2 aromatic rings. The van der Waals surface area contributed by atoms with Crippen molar-refractivity contribution < 1.29 is 14.9 Å². The maximum absolute atomic E-state index is 11.6. The summed E-state index contributed by atoms with van der Waals surface area (Å²) in [6.45, 7) is 1.63. The van der Waals surface area contributed by atoms with Crippen LogP contribution in [0.25, 0.3) is 11.2 Å². The molecule has 3 N–H and O–H groups in total.